The molecule has 3 amide bonds. The van der Waals surface area contributed by atoms with E-state index < -0.39 is 48.0 Å². The number of H-pyrrole nitrogens is 1. The van der Waals surface area contributed by atoms with Crippen molar-refractivity contribution in [3.05, 3.63) is 59.8 Å². The zero-order chi connectivity index (χ0) is 26.0. The van der Waals surface area contributed by atoms with Crippen LogP contribution in [0.1, 0.15) is 35.8 Å². The van der Waals surface area contributed by atoms with Crippen LogP contribution in [-0.4, -0.2) is 47.9 Å². The Morgan fingerprint density at radius 1 is 1.14 bits per heavy atom. The molecule has 1 aromatic heterocycles. The summed E-state index contributed by atoms with van der Waals surface area (Å²) in [7, 11) is 0. The third-order valence-electron chi connectivity index (χ3n) is 4.66. The Bertz CT molecular complexity index is 1090. The molecule has 0 aliphatic rings. The van der Waals surface area contributed by atoms with E-state index in [1.807, 2.05) is 0 Å². The van der Waals surface area contributed by atoms with Crippen molar-refractivity contribution >= 4 is 23.7 Å². The number of aromatic nitrogens is 1. The standard InChI is InChI=1S/C23H25F3N4O5/c1-2-35-21(33)12-8-14(7-11-19(27)31)29-20(32)13-28-22(34)18-10-9-17(30-18)15-5-3-4-6-16(15)23(24,25)26/h3-6,8-10,12,14,30H,2,7,11,13H2,1H3,(H2,27,31)(H,28,34)(H,29,32)/b12-8+/t14-/m0/s1. The number of alkyl halides is 3. The van der Waals surface area contributed by atoms with Crippen LogP contribution in [0.25, 0.3) is 11.3 Å². The zero-order valence-corrected chi connectivity index (χ0v) is 18.8. The second-order valence-electron chi connectivity index (χ2n) is 7.30. The van der Waals surface area contributed by atoms with Crippen molar-refractivity contribution in [2.45, 2.75) is 32.0 Å². The van der Waals surface area contributed by atoms with Gasteiger partial charge in [-0.05, 0) is 31.5 Å². The van der Waals surface area contributed by atoms with Crippen molar-refractivity contribution in [2.75, 3.05) is 13.2 Å². The Hall–Kier alpha value is -4.09. The summed E-state index contributed by atoms with van der Waals surface area (Å²) in [6.07, 6.45) is -2.07. The van der Waals surface area contributed by atoms with E-state index in [-0.39, 0.29) is 36.4 Å². The molecule has 12 heteroatoms. The normalized spacial score (nSPS) is 12.2. The molecule has 0 bridgehead atoms. The summed E-state index contributed by atoms with van der Waals surface area (Å²) >= 11 is 0. The molecule has 0 saturated carbocycles. The molecule has 0 spiro atoms. The highest BCUT2D eigenvalue weighted by atomic mass is 19.4. The molecule has 1 aromatic carbocycles. The monoisotopic (exact) mass is 494 g/mol. The van der Waals surface area contributed by atoms with Crippen molar-refractivity contribution < 1.29 is 37.1 Å². The number of hydrogen-bond acceptors (Lipinski definition) is 5. The van der Waals surface area contributed by atoms with Crippen molar-refractivity contribution in [2.24, 2.45) is 5.73 Å². The first-order valence-electron chi connectivity index (χ1n) is 10.6. The molecule has 2 aromatic rings. The van der Waals surface area contributed by atoms with Crippen LogP contribution in [0.3, 0.4) is 0 Å². The van der Waals surface area contributed by atoms with E-state index in [4.69, 9.17) is 10.5 Å². The first-order valence-corrected chi connectivity index (χ1v) is 10.6. The second kappa shape index (κ2) is 12.4. The van der Waals surface area contributed by atoms with Crippen molar-refractivity contribution in [1.29, 1.82) is 0 Å². The first kappa shape index (κ1) is 27.2. The number of primary amides is 1. The van der Waals surface area contributed by atoms with Gasteiger partial charge in [-0.1, -0.05) is 24.3 Å². The number of benzene rings is 1. The molecule has 0 aliphatic heterocycles. The molecular formula is C23H25F3N4O5. The molecule has 0 unspecified atom stereocenters. The van der Waals surface area contributed by atoms with Gasteiger partial charge in [0.15, 0.2) is 0 Å². The minimum absolute atomic E-state index is 0.0442. The maximum Gasteiger partial charge on any atom is 0.417 e. The molecule has 1 heterocycles. The first-order chi connectivity index (χ1) is 16.5. The predicted molar refractivity (Wildman–Crippen MR) is 120 cm³/mol. The number of nitrogens with two attached hydrogens (primary N) is 1. The van der Waals surface area contributed by atoms with Crippen LogP contribution in [0.2, 0.25) is 0 Å². The number of hydrogen-bond donors (Lipinski definition) is 4. The van der Waals surface area contributed by atoms with Gasteiger partial charge in [-0.15, -0.1) is 0 Å². The molecule has 1 atom stereocenters. The SMILES string of the molecule is CCOC(=O)/C=C/[C@H](CCC(N)=O)NC(=O)CNC(=O)c1ccc(-c2ccccc2C(F)(F)F)[nH]1. The number of rotatable bonds is 11. The van der Waals surface area contributed by atoms with E-state index in [0.29, 0.717) is 0 Å². The predicted octanol–water partition coefficient (Wildman–Crippen LogP) is 2.30. The topological polar surface area (TPSA) is 143 Å². The Balaban J connectivity index is 2.00. The number of esters is 1. The van der Waals surface area contributed by atoms with Crippen LogP contribution in [-0.2, 0) is 25.3 Å². The lowest BCUT2D eigenvalue weighted by Gasteiger charge is -2.14. The van der Waals surface area contributed by atoms with Gasteiger partial charge in [-0.3, -0.25) is 14.4 Å². The van der Waals surface area contributed by atoms with Gasteiger partial charge < -0.3 is 26.1 Å². The molecule has 2 rings (SSSR count). The molecule has 0 saturated heterocycles. The number of nitrogens with one attached hydrogen (secondary N) is 3. The van der Waals surface area contributed by atoms with Crippen LogP contribution in [0.5, 0.6) is 0 Å². The second-order valence-corrected chi connectivity index (χ2v) is 7.30. The average molecular weight is 494 g/mol. The van der Waals surface area contributed by atoms with Gasteiger partial charge in [-0.2, -0.15) is 13.2 Å². The molecule has 35 heavy (non-hydrogen) atoms. The number of carbonyl (C=O) groups excluding carboxylic acids is 4. The molecule has 0 fully saturated rings. The molecule has 5 N–H and O–H groups in total. The number of halogens is 3. The fourth-order valence-corrected chi connectivity index (χ4v) is 3.06. The van der Waals surface area contributed by atoms with Gasteiger partial charge in [0, 0.05) is 29.8 Å². The highest BCUT2D eigenvalue weighted by Gasteiger charge is 2.33. The zero-order valence-electron chi connectivity index (χ0n) is 18.8. The van der Waals surface area contributed by atoms with Crippen LogP contribution in [0, 0.1) is 0 Å². The summed E-state index contributed by atoms with van der Waals surface area (Å²) < 4.78 is 44.5. The molecular weight excluding hydrogens is 469 g/mol. The van der Waals surface area contributed by atoms with Crippen LogP contribution in [0.4, 0.5) is 13.2 Å². The summed E-state index contributed by atoms with van der Waals surface area (Å²) in [4.78, 5) is 49.8. The van der Waals surface area contributed by atoms with Crippen LogP contribution < -0.4 is 16.4 Å². The van der Waals surface area contributed by atoms with E-state index in [1.54, 1.807) is 6.92 Å². The highest BCUT2D eigenvalue weighted by molar-refractivity contribution is 5.96. The van der Waals surface area contributed by atoms with Gasteiger partial charge in [0.25, 0.3) is 5.91 Å². The fourth-order valence-electron chi connectivity index (χ4n) is 3.06. The average Bonchev–Trinajstić information content (AvgIpc) is 3.29. The van der Waals surface area contributed by atoms with E-state index in [1.165, 1.54) is 36.4 Å². The third-order valence-corrected chi connectivity index (χ3v) is 4.66. The van der Waals surface area contributed by atoms with Gasteiger partial charge in [0.1, 0.15) is 5.69 Å². The smallest absolute Gasteiger partial charge is 0.417 e. The molecule has 188 valence electrons. The number of amides is 3. The van der Waals surface area contributed by atoms with Crippen molar-refractivity contribution in [3.63, 3.8) is 0 Å². The van der Waals surface area contributed by atoms with Gasteiger partial charge in [-0.25, -0.2) is 4.79 Å². The summed E-state index contributed by atoms with van der Waals surface area (Å²) in [5, 5.41) is 4.89. The molecule has 0 aliphatic carbocycles. The minimum atomic E-state index is -4.57. The summed E-state index contributed by atoms with van der Waals surface area (Å²) in [6.45, 7) is 1.32. The van der Waals surface area contributed by atoms with Crippen LogP contribution in [0.15, 0.2) is 48.6 Å². The highest BCUT2D eigenvalue weighted by Crippen LogP contribution is 2.36. The summed E-state index contributed by atoms with van der Waals surface area (Å²) in [6, 6.07) is 6.83. The molecule has 0 radical (unpaired) electrons. The maximum atomic E-state index is 13.3. The number of aromatic amines is 1. The third kappa shape index (κ3) is 8.65. The summed E-state index contributed by atoms with van der Waals surface area (Å²) in [5.74, 6) is -2.58. The van der Waals surface area contributed by atoms with E-state index >= 15 is 0 Å². The Morgan fingerprint density at radius 2 is 1.86 bits per heavy atom. The van der Waals surface area contributed by atoms with Gasteiger partial charge in [0.05, 0.1) is 18.7 Å². The quantitative estimate of drug-likeness (QED) is 0.280. The maximum absolute atomic E-state index is 13.3. The lowest BCUT2D eigenvalue weighted by molar-refractivity contribution is -0.138. The van der Waals surface area contributed by atoms with Gasteiger partial charge in [0.2, 0.25) is 11.8 Å². The fraction of sp³-hybridized carbons (Fsp3) is 0.304. The van der Waals surface area contributed by atoms with E-state index in [9.17, 15) is 32.3 Å². The number of carbonyl (C=O) groups is 4. The Labute approximate surface area is 198 Å². The lowest BCUT2D eigenvalue weighted by Crippen LogP contribution is -2.41. The van der Waals surface area contributed by atoms with E-state index in [0.717, 1.165) is 12.1 Å². The van der Waals surface area contributed by atoms with E-state index in [2.05, 4.69) is 15.6 Å². The number of ether oxygens (including phenoxy) is 1. The Kier molecular flexibility index (Phi) is 9.62. The van der Waals surface area contributed by atoms with Crippen LogP contribution >= 0.6 is 0 Å². The van der Waals surface area contributed by atoms with Gasteiger partial charge >= 0.3 is 12.1 Å². The minimum Gasteiger partial charge on any atom is -0.463 e. The van der Waals surface area contributed by atoms with Crippen molar-refractivity contribution in [3.8, 4) is 11.3 Å². The molecule has 9 nitrogen and oxygen atoms in total. The van der Waals surface area contributed by atoms with Crippen molar-refractivity contribution in [1.82, 2.24) is 15.6 Å². The lowest BCUT2D eigenvalue weighted by atomic mass is 10.0. The summed E-state index contributed by atoms with van der Waals surface area (Å²) in [5.41, 5.74) is 4.19. The largest absolute Gasteiger partial charge is 0.463 e. The Morgan fingerprint density at radius 3 is 2.51 bits per heavy atom.